The van der Waals surface area contributed by atoms with E-state index in [0.29, 0.717) is 0 Å². The van der Waals surface area contributed by atoms with Crippen LogP contribution in [-0.2, 0) is 10.2 Å². The Labute approximate surface area is 93.7 Å². The predicted molar refractivity (Wildman–Crippen MR) is 59.3 cm³/mol. The summed E-state index contributed by atoms with van der Waals surface area (Å²) < 4.78 is 0. The molecule has 0 unspecified atom stereocenters. The number of hydrogen-bond acceptors (Lipinski definition) is 3. The molecular formula is C12H14N2O2. The number of aromatic nitrogens is 1. The zero-order valence-electron chi connectivity index (χ0n) is 8.99. The molecule has 1 spiro atoms. The summed E-state index contributed by atoms with van der Waals surface area (Å²) in [5.74, 6) is 0.0560. The molecule has 1 amide bonds. The summed E-state index contributed by atoms with van der Waals surface area (Å²) in [7, 11) is 0. The minimum atomic E-state index is -0.466. The number of carbonyl (C=O) groups excluding carboxylic acids is 1. The van der Waals surface area contributed by atoms with Crippen LogP contribution in [0.4, 0.5) is 5.69 Å². The van der Waals surface area contributed by atoms with Crippen LogP contribution in [0, 0.1) is 0 Å². The van der Waals surface area contributed by atoms with Gasteiger partial charge in [0.1, 0.15) is 0 Å². The van der Waals surface area contributed by atoms with Gasteiger partial charge in [-0.2, -0.15) is 0 Å². The van der Waals surface area contributed by atoms with E-state index in [1.165, 1.54) is 12.5 Å². The highest BCUT2D eigenvalue weighted by molar-refractivity contribution is 6.05. The fraction of sp³-hybridized carbons (Fsp3) is 0.500. The Morgan fingerprint density at radius 2 is 2.00 bits per heavy atom. The third-order valence-electron chi connectivity index (χ3n) is 3.72. The molecule has 4 heteroatoms. The van der Waals surface area contributed by atoms with E-state index >= 15 is 0 Å². The molecule has 0 atom stereocenters. The molecule has 4 nitrogen and oxygen atoms in total. The number of anilines is 1. The molecule has 2 aliphatic rings. The van der Waals surface area contributed by atoms with E-state index in [1.54, 1.807) is 6.07 Å². The third-order valence-corrected chi connectivity index (χ3v) is 3.72. The van der Waals surface area contributed by atoms with Crippen LogP contribution >= 0.6 is 0 Å². The summed E-state index contributed by atoms with van der Waals surface area (Å²) in [4.78, 5) is 16.2. The van der Waals surface area contributed by atoms with Gasteiger partial charge in [0.15, 0.2) is 0 Å². The minimum absolute atomic E-state index is 0.000184. The van der Waals surface area contributed by atoms with Crippen LogP contribution in [0.3, 0.4) is 0 Å². The second kappa shape index (κ2) is 3.20. The number of aromatic hydroxyl groups is 1. The molecule has 16 heavy (non-hydrogen) atoms. The van der Waals surface area contributed by atoms with Gasteiger partial charge in [-0.3, -0.25) is 4.79 Å². The van der Waals surface area contributed by atoms with Crippen molar-refractivity contribution in [3.05, 3.63) is 17.8 Å². The maximum Gasteiger partial charge on any atom is 0.236 e. The molecule has 1 fully saturated rings. The van der Waals surface area contributed by atoms with Gasteiger partial charge in [-0.1, -0.05) is 19.3 Å². The Hall–Kier alpha value is -1.58. The van der Waals surface area contributed by atoms with Crippen LogP contribution < -0.4 is 5.32 Å². The fourth-order valence-electron chi connectivity index (χ4n) is 2.88. The molecule has 2 heterocycles. The average molecular weight is 218 g/mol. The van der Waals surface area contributed by atoms with E-state index in [2.05, 4.69) is 10.3 Å². The molecule has 1 aromatic heterocycles. The molecule has 2 N–H and O–H groups in total. The fourth-order valence-corrected chi connectivity index (χ4v) is 2.88. The summed E-state index contributed by atoms with van der Waals surface area (Å²) in [5.41, 5.74) is 1.05. The lowest BCUT2D eigenvalue weighted by Crippen LogP contribution is -2.36. The lowest BCUT2D eigenvalue weighted by molar-refractivity contribution is -0.122. The lowest BCUT2D eigenvalue weighted by atomic mass is 9.72. The number of nitrogens with one attached hydrogen (secondary N) is 1. The van der Waals surface area contributed by atoms with Crippen molar-refractivity contribution in [2.75, 3.05) is 5.32 Å². The Balaban J connectivity index is 2.13. The van der Waals surface area contributed by atoms with Gasteiger partial charge in [-0.15, -0.1) is 0 Å². The van der Waals surface area contributed by atoms with Crippen molar-refractivity contribution in [1.29, 1.82) is 0 Å². The molecule has 0 radical (unpaired) electrons. The van der Waals surface area contributed by atoms with Gasteiger partial charge in [0, 0.05) is 6.07 Å². The molecule has 1 aliphatic heterocycles. The van der Waals surface area contributed by atoms with Gasteiger partial charge in [0.25, 0.3) is 0 Å². The highest BCUT2D eigenvalue weighted by atomic mass is 16.3. The SMILES string of the molecule is O=C1Nc2ccc(O)nc2C12CCCCC2. The molecule has 0 bridgehead atoms. The molecule has 84 valence electrons. The summed E-state index contributed by atoms with van der Waals surface area (Å²) in [6.45, 7) is 0. The van der Waals surface area contributed by atoms with Gasteiger partial charge in [0.05, 0.1) is 16.8 Å². The first-order valence-electron chi connectivity index (χ1n) is 5.74. The van der Waals surface area contributed by atoms with Gasteiger partial charge < -0.3 is 10.4 Å². The van der Waals surface area contributed by atoms with Crippen molar-refractivity contribution in [1.82, 2.24) is 4.98 Å². The molecule has 0 aromatic carbocycles. The summed E-state index contributed by atoms with van der Waals surface area (Å²) >= 11 is 0. The summed E-state index contributed by atoms with van der Waals surface area (Å²) in [5, 5.41) is 12.3. The first-order valence-corrected chi connectivity index (χ1v) is 5.74. The Bertz CT molecular complexity index is 450. The van der Waals surface area contributed by atoms with Gasteiger partial charge >= 0.3 is 0 Å². The highest BCUT2D eigenvalue weighted by Crippen LogP contribution is 2.46. The van der Waals surface area contributed by atoms with Crippen molar-refractivity contribution in [2.45, 2.75) is 37.5 Å². The largest absolute Gasteiger partial charge is 0.493 e. The lowest BCUT2D eigenvalue weighted by Gasteiger charge is -2.30. The monoisotopic (exact) mass is 218 g/mol. The second-order valence-electron chi connectivity index (χ2n) is 4.66. The summed E-state index contributed by atoms with van der Waals surface area (Å²) in [6, 6.07) is 3.25. The quantitative estimate of drug-likeness (QED) is 0.699. The summed E-state index contributed by atoms with van der Waals surface area (Å²) in [6.07, 6.45) is 5.00. The number of rotatable bonds is 0. The number of nitrogens with zero attached hydrogens (tertiary/aromatic N) is 1. The van der Waals surface area contributed by atoms with Crippen LogP contribution in [0.25, 0.3) is 0 Å². The zero-order chi connectivity index (χ0) is 11.2. The van der Waals surface area contributed by atoms with E-state index in [9.17, 15) is 9.90 Å². The van der Waals surface area contributed by atoms with Crippen LogP contribution in [0.1, 0.15) is 37.8 Å². The average Bonchev–Trinajstić information content (AvgIpc) is 2.55. The Morgan fingerprint density at radius 3 is 2.75 bits per heavy atom. The van der Waals surface area contributed by atoms with Crippen molar-refractivity contribution < 1.29 is 9.90 Å². The smallest absolute Gasteiger partial charge is 0.236 e. The first-order chi connectivity index (χ1) is 7.72. The second-order valence-corrected chi connectivity index (χ2v) is 4.66. The predicted octanol–water partition coefficient (Wildman–Crippen LogP) is 1.94. The molecule has 1 aliphatic carbocycles. The van der Waals surface area contributed by atoms with Crippen molar-refractivity contribution >= 4 is 11.6 Å². The van der Waals surface area contributed by atoms with E-state index < -0.39 is 5.41 Å². The Morgan fingerprint density at radius 1 is 1.25 bits per heavy atom. The van der Waals surface area contributed by atoms with Crippen molar-refractivity contribution in [2.24, 2.45) is 0 Å². The van der Waals surface area contributed by atoms with Gasteiger partial charge in [-0.25, -0.2) is 4.98 Å². The van der Waals surface area contributed by atoms with Crippen molar-refractivity contribution in [3.63, 3.8) is 0 Å². The van der Waals surface area contributed by atoms with Crippen LogP contribution in [0.2, 0.25) is 0 Å². The zero-order valence-corrected chi connectivity index (χ0v) is 8.99. The number of pyridine rings is 1. The van der Waals surface area contributed by atoms with E-state index in [4.69, 9.17) is 0 Å². The van der Waals surface area contributed by atoms with Crippen molar-refractivity contribution in [3.8, 4) is 5.88 Å². The Kier molecular flexibility index (Phi) is 1.93. The number of carbonyl (C=O) groups is 1. The number of hydrogen-bond donors (Lipinski definition) is 2. The number of amides is 1. The number of fused-ring (bicyclic) bond motifs is 2. The van der Waals surface area contributed by atoms with E-state index in [-0.39, 0.29) is 11.8 Å². The van der Waals surface area contributed by atoms with Crippen LogP contribution in [0.15, 0.2) is 12.1 Å². The van der Waals surface area contributed by atoms with Crippen LogP contribution in [0.5, 0.6) is 5.88 Å². The first kappa shape index (κ1) is 9.63. The van der Waals surface area contributed by atoms with Gasteiger partial charge in [-0.05, 0) is 18.9 Å². The molecule has 3 rings (SSSR count). The highest BCUT2D eigenvalue weighted by Gasteiger charge is 2.48. The normalized spacial score (nSPS) is 21.9. The molecule has 1 aromatic rings. The molecule has 0 saturated heterocycles. The third kappa shape index (κ3) is 1.16. The topological polar surface area (TPSA) is 62.2 Å². The molecule has 1 saturated carbocycles. The maximum absolute atomic E-state index is 12.1. The standard InChI is InChI=1S/C12H14N2O2/c15-9-5-4-8-10(14-9)12(11(16)13-8)6-2-1-3-7-12/h4-5H,1-3,6-7H2,(H,13,16)(H,14,15). The van der Waals surface area contributed by atoms with Gasteiger partial charge in [0.2, 0.25) is 11.8 Å². The minimum Gasteiger partial charge on any atom is -0.493 e. The maximum atomic E-state index is 12.1. The van der Waals surface area contributed by atoms with Crippen LogP contribution in [-0.4, -0.2) is 16.0 Å². The van der Waals surface area contributed by atoms with E-state index in [1.807, 2.05) is 0 Å². The van der Waals surface area contributed by atoms with E-state index in [0.717, 1.165) is 37.1 Å². The molecular weight excluding hydrogens is 204 g/mol.